The summed E-state index contributed by atoms with van der Waals surface area (Å²) in [5, 5.41) is 5.00. The summed E-state index contributed by atoms with van der Waals surface area (Å²) < 4.78 is 9.85. The molecular weight excluding hydrogens is 468 g/mol. The van der Waals surface area contributed by atoms with Gasteiger partial charge in [-0.25, -0.2) is 4.79 Å². The van der Waals surface area contributed by atoms with Gasteiger partial charge in [0.2, 0.25) is 17.7 Å². The molecule has 0 aromatic heterocycles. The Morgan fingerprint density at radius 3 is 2.14 bits per heavy atom. The predicted octanol–water partition coefficient (Wildman–Crippen LogP) is 1.59. The number of amides is 4. The van der Waals surface area contributed by atoms with Crippen molar-refractivity contribution in [1.82, 2.24) is 15.5 Å². The summed E-state index contributed by atoms with van der Waals surface area (Å²) in [6.45, 7) is 8.40. The normalized spacial score (nSPS) is 12.6. The number of ether oxygens (including phenoxy) is 2. The monoisotopic (exact) mass is 506 g/mol. The fourth-order valence-electron chi connectivity index (χ4n) is 3.40. The summed E-state index contributed by atoms with van der Waals surface area (Å²) in [6, 6.07) is 4.86. The van der Waals surface area contributed by atoms with Crippen molar-refractivity contribution in [3.63, 3.8) is 0 Å². The highest BCUT2D eigenvalue weighted by atomic mass is 16.6. The maximum Gasteiger partial charge on any atom is 0.408 e. The zero-order chi connectivity index (χ0) is 27.5. The summed E-state index contributed by atoms with van der Waals surface area (Å²) in [5.74, 6) is -2.51. The summed E-state index contributed by atoms with van der Waals surface area (Å²) in [5.41, 5.74) is 6.00. The van der Waals surface area contributed by atoms with E-state index in [9.17, 15) is 24.0 Å². The van der Waals surface area contributed by atoms with Crippen LogP contribution >= 0.6 is 0 Å². The molecule has 1 rings (SSSR count). The van der Waals surface area contributed by atoms with E-state index in [0.717, 1.165) is 12.0 Å². The van der Waals surface area contributed by atoms with E-state index in [4.69, 9.17) is 10.5 Å². The lowest BCUT2D eigenvalue weighted by Gasteiger charge is -2.33. The molecule has 2 atom stereocenters. The van der Waals surface area contributed by atoms with E-state index < -0.39 is 47.5 Å². The molecule has 0 aliphatic rings. The number of rotatable bonds is 12. The van der Waals surface area contributed by atoms with Crippen LogP contribution < -0.4 is 16.4 Å². The Labute approximate surface area is 212 Å². The van der Waals surface area contributed by atoms with Gasteiger partial charge in [0, 0.05) is 13.0 Å². The first-order chi connectivity index (χ1) is 16.8. The number of likely N-dealkylation sites (N-methyl/N-ethyl adjacent to an activating group) is 1. The Bertz CT molecular complexity index is 925. The first-order valence-corrected chi connectivity index (χ1v) is 11.8. The summed E-state index contributed by atoms with van der Waals surface area (Å²) in [4.78, 5) is 63.6. The lowest BCUT2D eigenvalue weighted by atomic mass is 10.00. The molecule has 0 spiro atoms. The number of esters is 1. The Morgan fingerprint density at radius 2 is 1.67 bits per heavy atom. The molecule has 11 nitrogen and oxygen atoms in total. The maximum absolute atomic E-state index is 13.7. The number of benzene rings is 1. The highest BCUT2D eigenvalue weighted by Gasteiger charge is 2.35. The molecule has 0 radical (unpaired) electrons. The van der Waals surface area contributed by atoms with Gasteiger partial charge >= 0.3 is 12.1 Å². The zero-order valence-corrected chi connectivity index (χ0v) is 21.9. The molecule has 0 aliphatic heterocycles. The van der Waals surface area contributed by atoms with Crippen molar-refractivity contribution in [1.29, 1.82) is 0 Å². The van der Waals surface area contributed by atoms with Crippen molar-refractivity contribution >= 4 is 29.8 Å². The van der Waals surface area contributed by atoms with Crippen LogP contribution in [-0.4, -0.2) is 66.5 Å². The van der Waals surface area contributed by atoms with Gasteiger partial charge in [-0.1, -0.05) is 31.2 Å². The van der Waals surface area contributed by atoms with Crippen LogP contribution in [0.4, 0.5) is 4.79 Å². The molecule has 0 aliphatic carbocycles. The molecule has 1 aromatic carbocycles. The Hall–Kier alpha value is -3.63. The molecule has 0 heterocycles. The Kier molecular flexibility index (Phi) is 11.9. The molecule has 0 bridgehead atoms. The van der Waals surface area contributed by atoms with Crippen molar-refractivity contribution in [3.8, 4) is 0 Å². The fourth-order valence-corrected chi connectivity index (χ4v) is 3.40. The van der Waals surface area contributed by atoms with Gasteiger partial charge in [-0.3, -0.25) is 19.2 Å². The average Bonchev–Trinajstić information content (AvgIpc) is 2.81. The first-order valence-electron chi connectivity index (χ1n) is 11.8. The van der Waals surface area contributed by atoms with Gasteiger partial charge in [0.05, 0.1) is 7.11 Å². The van der Waals surface area contributed by atoms with Gasteiger partial charge in [0.15, 0.2) is 0 Å². The van der Waals surface area contributed by atoms with Crippen molar-refractivity contribution < 1.29 is 33.4 Å². The van der Waals surface area contributed by atoms with Crippen LogP contribution in [0.25, 0.3) is 0 Å². The second-order valence-electron chi connectivity index (χ2n) is 9.12. The number of methoxy groups -OCH3 is 1. The van der Waals surface area contributed by atoms with Gasteiger partial charge in [0.25, 0.3) is 0 Å². The number of carbonyl (C=O) groups excluding carboxylic acids is 5. The van der Waals surface area contributed by atoms with Crippen LogP contribution in [0.3, 0.4) is 0 Å². The van der Waals surface area contributed by atoms with E-state index in [2.05, 4.69) is 15.4 Å². The largest absolute Gasteiger partial charge is 0.468 e. The third-order valence-electron chi connectivity index (χ3n) is 5.19. The van der Waals surface area contributed by atoms with Gasteiger partial charge in [-0.2, -0.15) is 0 Å². The quantitative estimate of drug-likeness (QED) is 0.363. The smallest absolute Gasteiger partial charge is 0.408 e. The number of aryl methyl sites for hydroxylation is 1. The number of nitrogens with one attached hydrogen (secondary N) is 2. The first kappa shape index (κ1) is 30.4. The van der Waals surface area contributed by atoms with E-state index >= 15 is 0 Å². The number of carbonyl (C=O) groups is 5. The van der Waals surface area contributed by atoms with E-state index in [-0.39, 0.29) is 25.9 Å². The van der Waals surface area contributed by atoms with Gasteiger partial charge in [-0.15, -0.1) is 0 Å². The molecule has 200 valence electrons. The van der Waals surface area contributed by atoms with Crippen LogP contribution in [-0.2, 0) is 35.1 Å². The minimum Gasteiger partial charge on any atom is -0.468 e. The number of nitrogens with two attached hydrogens (primary N) is 1. The van der Waals surface area contributed by atoms with Crippen molar-refractivity contribution in [2.45, 2.75) is 71.6 Å². The molecule has 11 heteroatoms. The molecule has 36 heavy (non-hydrogen) atoms. The van der Waals surface area contributed by atoms with Crippen molar-refractivity contribution in [2.24, 2.45) is 5.73 Å². The Morgan fingerprint density at radius 1 is 1.06 bits per heavy atom. The molecule has 4 amide bonds. The number of alkyl carbamates (subject to hydrolysis) is 1. The van der Waals surface area contributed by atoms with E-state index in [1.54, 1.807) is 39.8 Å². The van der Waals surface area contributed by atoms with Gasteiger partial charge < -0.3 is 30.7 Å². The minimum absolute atomic E-state index is 0.0881. The third kappa shape index (κ3) is 9.93. The molecule has 0 fully saturated rings. The lowest BCUT2D eigenvalue weighted by Crippen LogP contribution is -2.53. The van der Waals surface area contributed by atoms with E-state index in [1.165, 1.54) is 12.0 Å². The number of nitrogens with zero attached hydrogens (tertiary/aromatic N) is 1. The van der Waals surface area contributed by atoms with Gasteiger partial charge in [-0.05, 0) is 51.7 Å². The van der Waals surface area contributed by atoms with Gasteiger partial charge in [0.1, 0.15) is 24.2 Å². The number of hydrogen-bond acceptors (Lipinski definition) is 7. The molecule has 1 aromatic rings. The molecule has 4 N–H and O–H groups in total. The Balaban J connectivity index is 3.36. The fraction of sp³-hybridized carbons (Fsp3) is 0.560. The van der Waals surface area contributed by atoms with Crippen LogP contribution in [0.1, 0.15) is 64.6 Å². The van der Waals surface area contributed by atoms with Crippen LogP contribution in [0.15, 0.2) is 24.3 Å². The molecule has 2 unspecified atom stereocenters. The van der Waals surface area contributed by atoms with Crippen LogP contribution in [0.2, 0.25) is 0 Å². The molecular formula is C25H38N4O7. The average molecular weight is 507 g/mol. The minimum atomic E-state index is -1.18. The molecule has 0 saturated carbocycles. The molecule has 0 saturated heterocycles. The van der Waals surface area contributed by atoms with Crippen LogP contribution in [0, 0.1) is 0 Å². The highest BCUT2D eigenvalue weighted by Crippen LogP contribution is 2.24. The topological polar surface area (TPSA) is 157 Å². The SMILES string of the molecule is CCc1ccc(C(C(=O)NCC(=O)OC)N(CC)C(=O)C(CCC(N)=O)NC(=O)OC(C)(C)C)cc1. The standard InChI is InChI=1S/C25H38N4O7/c1-7-16-9-11-17(12-10-16)21(22(32)27-15-20(31)35-6)29(8-2)23(33)18(13-14-19(26)30)28-24(34)36-25(3,4)5/h9-12,18,21H,7-8,13-15H2,1-6H3,(H2,26,30)(H,27,32)(H,28,34). The number of hydrogen-bond donors (Lipinski definition) is 3. The summed E-state index contributed by atoms with van der Waals surface area (Å²) in [6.07, 6.45) is -0.325. The predicted molar refractivity (Wildman–Crippen MR) is 133 cm³/mol. The highest BCUT2D eigenvalue weighted by molar-refractivity contribution is 5.93. The van der Waals surface area contributed by atoms with E-state index in [1.807, 2.05) is 19.1 Å². The lowest BCUT2D eigenvalue weighted by molar-refractivity contribution is -0.144. The van der Waals surface area contributed by atoms with E-state index in [0.29, 0.717) is 5.56 Å². The summed E-state index contributed by atoms with van der Waals surface area (Å²) >= 11 is 0. The van der Waals surface area contributed by atoms with Crippen molar-refractivity contribution in [3.05, 3.63) is 35.4 Å². The van der Waals surface area contributed by atoms with Crippen LogP contribution in [0.5, 0.6) is 0 Å². The zero-order valence-electron chi connectivity index (χ0n) is 21.9. The maximum atomic E-state index is 13.7. The number of primary amides is 1. The second-order valence-corrected chi connectivity index (χ2v) is 9.12. The second kappa shape index (κ2) is 14.1. The van der Waals surface area contributed by atoms with Crippen molar-refractivity contribution in [2.75, 3.05) is 20.2 Å². The third-order valence-corrected chi connectivity index (χ3v) is 5.19. The summed E-state index contributed by atoms with van der Waals surface area (Å²) in [7, 11) is 1.20.